The fourth-order valence-electron chi connectivity index (χ4n) is 16.4. The lowest BCUT2D eigenvalue weighted by atomic mass is 9.66. The number of Topliss-reactive ketones (excluding diaryl/α,β-unsaturated/α-hetero) is 3. The lowest BCUT2D eigenvalue weighted by Gasteiger charge is -2.53. The third-order valence-corrected chi connectivity index (χ3v) is 23.7. The van der Waals surface area contributed by atoms with E-state index in [2.05, 4.69) is 76.4 Å². The lowest BCUT2D eigenvalue weighted by molar-refractivity contribution is -0.121. The first kappa shape index (κ1) is 81.5. The van der Waals surface area contributed by atoms with Gasteiger partial charge in [-0.05, 0) is 180 Å². The van der Waals surface area contributed by atoms with Crippen molar-refractivity contribution in [3.05, 3.63) is 138 Å². The molecule has 3 aromatic carbocycles. The molecule has 600 valence electrons. The summed E-state index contributed by atoms with van der Waals surface area (Å²) in [6, 6.07) is 22.0. The highest BCUT2D eigenvalue weighted by molar-refractivity contribution is 6.33. The number of rotatable bonds is 24. The molecular formula is C84H104Cl3N17O9. The van der Waals surface area contributed by atoms with Crippen molar-refractivity contribution in [3.8, 4) is 17.2 Å². The Hall–Kier alpha value is -9.47. The van der Waals surface area contributed by atoms with E-state index in [1.807, 2.05) is 96.1 Å². The Labute approximate surface area is 673 Å². The number of nitrogens with zero attached hydrogens (tertiary/aromatic N) is 14. The third-order valence-electron chi connectivity index (χ3n) is 22.9. The number of halogens is 3. The summed E-state index contributed by atoms with van der Waals surface area (Å²) >= 11 is 19.4. The minimum absolute atomic E-state index is 0.0589. The Balaban J connectivity index is 0.000000148. The average molecular weight is 1600 g/mol. The van der Waals surface area contributed by atoms with E-state index in [-0.39, 0.29) is 89.2 Å². The van der Waals surface area contributed by atoms with E-state index in [0.717, 1.165) is 128 Å². The normalized spacial score (nSPS) is 17.1. The summed E-state index contributed by atoms with van der Waals surface area (Å²) in [6.45, 7) is 29.3. The van der Waals surface area contributed by atoms with Crippen molar-refractivity contribution < 1.29 is 28.6 Å². The van der Waals surface area contributed by atoms with Crippen molar-refractivity contribution in [3.63, 3.8) is 0 Å². The van der Waals surface area contributed by atoms with Gasteiger partial charge in [0.25, 0.3) is 16.7 Å². The predicted molar refractivity (Wildman–Crippen MR) is 450 cm³/mol. The highest BCUT2D eigenvalue weighted by Gasteiger charge is 2.48. The Morgan fingerprint density at radius 2 is 0.761 bits per heavy atom. The van der Waals surface area contributed by atoms with Crippen molar-refractivity contribution in [1.29, 1.82) is 0 Å². The fourth-order valence-corrected chi connectivity index (χ4v) is 16.8. The highest BCUT2D eigenvalue weighted by atomic mass is 35.5. The fraction of sp³-hybridized carbons (Fsp3) is 0.500. The highest BCUT2D eigenvalue weighted by Crippen LogP contribution is 2.48. The summed E-state index contributed by atoms with van der Waals surface area (Å²) in [5.41, 5.74) is 5.02. The maximum Gasteiger partial charge on any atom is 0.293 e. The molecular weight excluding hydrogens is 1500 g/mol. The Bertz CT molecular complexity index is 5010. The molecule has 11 heterocycles. The summed E-state index contributed by atoms with van der Waals surface area (Å²) in [6.07, 6.45) is 14.7. The van der Waals surface area contributed by atoms with Gasteiger partial charge in [0, 0.05) is 139 Å². The van der Waals surface area contributed by atoms with Crippen LogP contribution >= 0.6 is 34.8 Å². The standard InChI is InChI=1S/C29H36ClN5O3.C28H35ClN6O3.C27H33ClN6O3/c1-5-22(36)15-38-25-13-20-12-21(6-7-24(20)35(18(2)3)27(25)37)32-26-23(30)14-31-28(33-26)34-16-29(17-34)10-8-19(4)9-11-29;1-5-21(36)15-38-24-13-19-12-20(6-7-23(19)35(18(2)3)26(24)37)31-25-22(29)14-30-27(32-25)34-16-28(17-34)8-10-33(4)11-9-28;1-5-20(35)13-37-23-11-18-10-19(6-7-22(18)34(17(2)3)25(23)36)30-24-21(28)12-29-26(31-24)33-9-8-27(16-33)14-32(4)15-27/h6-7,12-14,18-19H,5,8-11,15-17H2,1-4H3,(H,31,32,33);6-7,12-14,18H,5,8-11,15-17H2,1-4H3,(H,30,31,32);6-7,10-12,17H,5,8-9,13-16H2,1-4H3,(H,29,30,31). The number of anilines is 9. The van der Waals surface area contributed by atoms with Crippen LogP contribution in [0, 0.1) is 22.2 Å². The van der Waals surface area contributed by atoms with E-state index in [4.69, 9.17) is 64.0 Å². The zero-order valence-corrected chi connectivity index (χ0v) is 69.1. The van der Waals surface area contributed by atoms with Crippen LogP contribution in [0.3, 0.4) is 0 Å². The van der Waals surface area contributed by atoms with E-state index in [1.54, 1.807) is 71.3 Å². The van der Waals surface area contributed by atoms with Crippen molar-refractivity contribution in [2.24, 2.45) is 22.2 Å². The molecule has 0 bridgehead atoms. The van der Waals surface area contributed by atoms with Gasteiger partial charge in [0.05, 0.1) is 35.1 Å². The zero-order chi connectivity index (χ0) is 80.4. The zero-order valence-electron chi connectivity index (χ0n) is 66.8. The first-order valence-electron chi connectivity index (χ1n) is 39.6. The number of fused-ring (bicyclic) bond motifs is 3. The molecule has 9 aromatic rings. The van der Waals surface area contributed by atoms with Gasteiger partial charge >= 0.3 is 0 Å². The number of hydrogen-bond donors (Lipinski definition) is 3. The van der Waals surface area contributed by atoms with Crippen LogP contribution in [-0.2, 0) is 14.4 Å². The van der Waals surface area contributed by atoms with Gasteiger partial charge < -0.3 is 68.4 Å². The molecule has 0 radical (unpaired) electrons. The Kier molecular flexibility index (Phi) is 24.8. The quantitative estimate of drug-likeness (QED) is 0.0507. The second-order valence-electron chi connectivity index (χ2n) is 32.7. The lowest BCUT2D eigenvalue weighted by Crippen LogP contribution is -2.60. The van der Waals surface area contributed by atoms with E-state index in [0.29, 0.717) is 85.9 Å². The van der Waals surface area contributed by atoms with Gasteiger partial charge in [-0.15, -0.1) is 0 Å². The van der Waals surface area contributed by atoms with Gasteiger partial charge in [0.1, 0.15) is 34.9 Å². The summed E-state index contributed by atoms with van der Waals surface area (Å²) in [4.78, 5) is 114. The summed E-state index contributed by atoms with van der Waals surface area (Å²) in [5.74, 6) is 4.76. The largest absolute Gasteiger partial charge is 0.480 e. The Morgan fingerprint density at radius 3 is 1.09 bits per heavy atom. The van der Waals surface area contributed by atoms with Crippen LogP contribution in [0.5, 0.6) is 17.2 Å². The third kappa shape index (κ3) is 18.2. The van der Waals surface area contributed by atoms with E-state index in [9.17, 15) is 28.8 Å². The van der Waals surface area contributed by atoms with Gasteiger partial charge in [0.15, 0.2) is 52.1 Å². The van der Waals surface area contributed by atoms with Crippen molar-refractivity contribution >= 4 is 137 Å². The topological polar surface area (TPSA) is 275 Å². The second kappa shape index (κ2) is 34.3. The van der Waals surface area contributed by atoms with Crippen LogP contribution in [0.4, 0.5) is 52.4 Å². The van der Waals surface area contributed by atoms with E-state index >= 15 is 0 Å². The molecule has 6 aromatic heterocycles. The van der Waals surface area contributed by atoms with Crippen molar-refractivity contribution in [1.82, 2.24) is 53.4 Å². The second-order valence-corrected chi connectivity index (χ2v) is 33.9. The van der Waals surface area contributed by atoms with Crippen LogP contribution in [0.15, 0.2) is 106 Å². The number of ketones is 3. The number of nitrogens with one attached hydrogen (secondary N) is 3. The molecule has 1 saturated carbocycles. The summed E-state index contributed by atoms with van der Waals surface area (Å²) in [7, 11) is 4.33. The van der Waals surface area contributed by atoms with Gasteiger partial charge in [-0.25, -0.2) is 15.0 Å². The molecule has 5 aliphatic heterocycles. The van der Waals surface area contributed by atoms with Gasteiger partial charge in [-0.3, -0.25) is 28.8 Å². The monoisotopic (exact) mass is 1600 g/mol. The first-order valence-corrected chi connectivity index (χ1v) is 40.7. The number of piperidine rings is 1. The molecule has 5 saturated heterocycles. The van der Waals surface area contributed by atoms with Crippen LogP contribution in [0.25, 0.3) is 32.7 Å². The number of ether oxygens (including phenoxy) is 3. The van der Waals surface area contributed by atoms with Crippen molar-refractivity contribution in [2.75, 3.05) is 130 Å². The first-order chi connectivity index (χ1) is 54.0. The smallest absolute Gasteiger partial charge is 0.293 e. The average Bonchev–Trinajstić information content (AvgIpc) is 1.73. The van der Waals surface area contributed by atoms with Gasteiger partial charge in [0.2, 0.25) is 17.8 Å². The molecule has 113 heavy (non-hydrogen) atoms. The van der Waals surface area contributed by atoms with Gasteiger partial charge in [-0.1, -0.05) is 75.3 Å². The van der Waals surface area contributed by atoms with E-state index < -0.39 is 0 Å². The molecule has 0 unspecified atom stereocenters. The summed E-state index contributed by atoms with van der Waals surface area (Å²) in [5, 5.41) is 13.7. The molecule has 0 atom stereocenters. The minimum Gasteiger partial charge on any atom is -0.480 e. The molecule has 6 fully saturated rings. The molecule has 3 N–H and O–H groups in total. The van der Waals surface area contributed by atoms with Crippen LogP contribution in [0.2, 0.25) is 15.1 Å². The van der Waals surface area contributed by atoms with Crippen LogP contribution in [-0.4, -0.2) is 170 Å². The number of pyridine rings is 3. The van der Waals surface area contributed by atoms with Gasteiger partial charge in [-0.2, -0.15) is 15.0 Å². The number of benzene rings is 3. The minimum atomic E-state index is -0.253. The number of aromatic nitrogens is 9. The molecule has 26 nitrogen and oxygen atoms in total. The SMILES string of the molecule is CCC(=O)COc1cc2cc(Nc3nc(N4CC5(CCC(C)CC5)C4)ncc3Cl)ccc2n(C(C)C)c1=O.CCC(=O)COc1cc2cc(Nc3nc(N4CC5(CCN(C)CC5)C4)ncc3Cl)ccc2n(C(C)C)c1=O.CCC(=O)COc1cc2cc(Nc3nc(N4CCC5(CN(C)C5)C4)ncc3Cl)ccc2n(C(C)C)c1=O. The molecule has 29 heteroatoms. The number of carbonyl (C=O) groups excluding carboxylic acids is 3. The molecule has 6 aliphatic rings. The molecule has 15 rings (SSSR count). The van der Waals surface area contributed by atoms with Crippen LogP contribution < -0.4 is 61.5 Å². The molecule has 3 spiro atoms. The number of hydrogen-bond acceptors (Lipinski definition) is 23. The summed E-state index contributed by atoms with van der Waals surface area (Å²) < 4.78 is 21.9. The number of carbonyl (C=O) groups is 3. The molecule has 0 amide bonds. The molecule has 1 aliphatic carbocycles. The van der Waals surface area contributed by atoms with E-state index in [1.165, 1.54) is 38.5 Å². The number of likely N-dealkylation sites (tertiary alicyclic amines) is 2. The maximum atomic E-state index is 13.1. The van der Waals surface area contributed by atoms with Crippen LogP contribution in [0.1, 0.15) is 152 Å². The predicted octanol–water partition coefficient (Wildman–Crippen LogP) is 15.1. The maximum absolute atomic E-state index is 13.1. The Morgan fingerprint density at radius 1 is 0.442 bits per heavy atom. The van der Waals surface area contributed by atoms with Crippen molar-refractivity contribution in [2.45, 2.75) is 152 Å².